The fourth-order valence-corrected chi connectivity index (χ4v) is 2.88. The first-order valence-corrected chi connectivity index (χ1v) is 8.53. The second-order valence-electron chi connectivity index (χ2n) is 6.12. The van der Waals surface area contributed by atoms with E-state index in [0.717, 1.165) is 16.3 Å². The van der Waals surface area contributed by atoms with Gasteiger partial charge in [-0.25, -0.2) is 4.79 Å². The number of carbonyl (C=O) groups is 2. The lowest BCUT2D eigenvalue weighted by molar-refractivity contribution is -0.124. The maximum Gasteiger partial charge on any atom is 0.338 e. The van der Waals surface area contributed by atoms with Gasteiger partial charge in [0.15, 0.2) is 6.61 Å². The lowest BCUT2D eigenvalue weighted by Crippen LogP contribution is -2.31. The van der Waals surface area contributed by atoms with Gasteiger partial charge < -0.3 is 10.1 Å². The number of nitrogens with one attached hydrogen (secondary N) is 1. The molecular formula is C22H18N2O3. The van der Waals surface area contributed by atoms with E-state index in [1.54, 1.807) is 0 Å². The number of ether oxygens (including phenoxy) is 1. The van der Waals surface area contributed by atoms with E-state index in [2.05, 4.69) is 5.32 Å². The summed E-state index contributed by atoms with van der Waals surface area (Å²) in [6.45, 7) is 1.52. The summed E-state index contributed by atoms with van der Waals surface area (Å²) in [5.74, 6) is -0.982. The van der Waals surface area contributed by atoms with Crippen LogP contribution in [0.1, 0.15) is 34.5 Å². The average Bonchev–Trinajstić information content (AvgIpc) is 2.71. The van der Waals surface area contributed by atoms with Crippen molar-refractivity contribution in [1.82, 2.24) is 5.32 Å². The molecule has 1 amide bonds. The highest BCUT2D eigenvalue weighted by Gasteiger charge is 2.14. The number of fused-ring (bicyclic) bond motifs is 1. The SMILES string of the molecule is CC(NC(=O)COC(=O)c1ccc(C#N)cc1)c1cccc2ccccc12. The van der Waals surface area contributed by atoms with Crippen LogP contribution in [0.25, 0.3) is 10.8 Å². The molecule has 0 aliphatic carbocycles. The zero-order chi connectivity index (χ0) is 19.2. The van der Waals surface area contributed by atoms with E-state index >= 15 is 0 Å². The van der Waals surface area contributed by atoms with Gasteiger partial charge in [-0.05, 0) is 47.5 Å². The summed E-state index contributed by atoms with van der Waals surface area (Å²) in [6.07, 6.45) is 0. The van der Waals surface area contributed by atoms with E-state index in [1.165, 1.54) is 24.3 Å². The van der Waals surface area contributed by atoms with Crippen molar-refractivity contribution in [3.8, 4) is 6.07 Å². The third-order valence-corrected chi connectivity index (χ3v) is 4.25. The van der Waals surface area contributed by atoms with Gasteiger partial charge in [-0.2, -0.15) is 5.26 Å². The lowest BCUT2D eigenvalue weighted by atomic mass is 10.00. The van der Waals surface area contributed by atoms with Gasteiger partial charge >= 0.3 is 5.97 Å². The normalized spacial score (nSPS) is 11.4. The average molecular weight is 358 g/mol. The number of amides is 1. The highest BCUT2D eigenvalue weighted by Crippen LogP contribution is 2.23. The van der Waals surface area contributed by atoms with Gasteiger partial charge in [0.2, 0.25) is 0 Å². The number of hydrogen-bond donors (Lipinski definition) is 1. The van der Waals surface area contributed by atoms with Crippen LogP contribution in [-0.4, -0.2) is 18.5 Å². The van der Waals surface area contributed by atoms with E-state index in [1.807, 2.05) is 55.5 Å². The van der Waals surface area contributed by atoms with Crippen molar-refractivity contribution in [3.63, 3.8) is 0 Å². The molecule has 134 valence electrons. The number of esters is 1. The molecule has 3 rings (SSSR count). The fourth-order valence-electron chi connectivity index (χ4n) is 2.88. The summed E-state index contributed by atoms with van der Waals surface area (Å²) >= 11 is 0. The topological polar surface area (TPSA) is 79.2 Å². The molecule has 0 aromatic heterocycles. The molecule has 0 heterocycles. The maximum absolute atomic E-state index is 12.2. The van der Waals surface area contributed by atoms with E-state index in [0.29, 0.717) is 11.1 Å². The minimum absolute atomic E-state index is 0.225. The molecule has 1 unspecified atom stereocenters. The summed E-state index contributed by atoms with van der Waals surface area (Å²) in [6, 6.07) is 21.7. The van der Waals surface area contributed by atoms with Gasteiger partial charge in [-0.3, -0.25) is 4.79 Å². The van der Waals surface area contributed by atoms with Crippen molar-refractivity contribution < 1.29 is 14.3 Å². The van der Waals surface area contributed by atoms with Crippen LogP contribution in [0, 0.1) is 11.3 Å². The van der Waals surface area contributed by atoms with Crippen LogP contribution in [0.5, 0.6) is 0 Å². The van der Waals surface area contributed by atoms with Crippen molar-refractivity contribution in [3.05, 3.63) is 83.4 Å². The van der Waals surface area contributed by atoms with Gasteiger partial charge in [0.1, 0.15) is 0 Å². The Balaban J connectivity index is 1.60. The van der Waals surface area contributed by atoms with Crippen molar-refractivity contribution in [2.45, 2.75) is 13.0 Å². The van der Waals surface area contributed by atoms with E-state index in [-0.39, 0.29) is 18.6 Å². The molecule has 3 aromatic rings. The smallest absolute Gasteiger partial charge is 0.338 e. The van der Waals surface area contributed by atoms with Crippen molar-refractivity contribution in [2.24, 2.45) is 0 Å². The third-order valence-electron chi connectivity index (χ3n) is 4.25. The third kappa shape index (κ3) is 4.31. The predicted molar refractivity (Wildman–Crippen MR) is 102 cm³/mol. The van der Waals surface area contributed by atoms with E-state index < -0.39 is 5.97 Å². The minimum atomic E-state index is -0.604. The summed E-state index contributed by atoms with van der Waals surface area (Å²) < 4.78 is 5.05. The number of benzene rings is 3. The Hall–Kier alpha value is -3.65. The summed E-state index contributed by atoms with van der Waals surface area (Å²) in [5.41, 5.74) is 1.75. The molecule has 0 saturated heterocycles. The number of nitriles is 1. The molecule has 0 spiro atoms. The van der Waals surface area contributed by atoms with Crippen LogP contribution in [0.15, 0.2) is 66.7 Å². The van der Waals surface area contributed by atoms with Crippen LogP contribution in [-0.2, 0) is 9.53 Å². The Morgan fingerprint density at radius 3 is 2.48 bits per heavy atom. The zero-order valence-corrected chi connectivity index (χ0v) is 14.8. The maximum atomic E-state index is 12.2. The number of nitrogens with zero attached hydrogens (tertiary/aromatic N) is 1. The first-order chi connectivity index (χ1) is 13.1. The van der Waals surface area contributed by atoms with E-state index in [4.69, 9.17) is 10.00 Å². The standard InChI is InChI=1S/C22H18N2O3/c1-15(19-8-4-6-17-5-2-3-7-20(17)19)24-21(25)14-27-22(26)18-11-9-16(13-23)10-12-18/h2-12,15H,14H2,1H3,(H,24,25). The highest BCUT2D eigenvalue weighted by molar-refractivity contribution is 5.91. The Morgan fingerprint density at radius 2 is 1.74 bits per heavy atom. The van der Waals surface area contributed by atoms with Gasteiger partial charge in [-0.15, -0.1) is 0 Å². The van der Waals surface area contributed by atoms with Crippen molar-refractivity contribution in [2.75, 3.05) is 6.61 Å². The lowest BCUT2D eigenvalue weighted by Gasteiger charge is -2.16. The molecule has 0 bridgehead atoms. The highest BCUT2D eigenvalue weighted by atomic mass is 16.5. The zero-order valence-electron chi connectivity index (χ0n) is 14.8. The Bertz CT molecular complexity index is 1010. The molecule has 0 aliphatic heterocycles. The molecule has 1 atom stereocenters. The van der Waals surface area contributed by atoms with Gasteiger partial charge in [0.25, 0.3) is 5.91 Å². The quantitative estimate of drug-likeness (QED) is 0.705. The van der Waals surface area contributed by atoms with Crippen LogP contribution in [0.3, 0.4) is 0 Å². The second kappa shape index (κ2) is 8.15. The molecule has 0 aliphatic rings. The first-order valence-electron chi connectivity index (χ1n) is 8.53. The van der Waals surface area contributed by atoms with Gasteiger partial charge in [0.05, 0.1) is 23.2 Å². The van der Waals surface area contributed by atoms with Gasteiger partial charge in [-0.1, -0.05) is 42.5 Å². The largest absolute Gasteiger partial charge is 0.452 e. The number of carbonyl (C=O) groups excluding carboxylic acids is 2. The van der Waals surface area contributed by atoms with Crippen LogP contribution in [0.4, 0.5) is 0 Å². The van der Waals surface area contributed by atoms with Crippen molar-refractivity contribution >= 4 is 22.6 Å². The van der Waals surface area contributed by atoms with Crippen LogP contribution < -0.4 is 5.32 Å². The van der Waals surface area contributed by atoms with Crippen LogP contribution >= 0.6 is 0 Å². The molecule has 5 nitrogen and oxygen atoms in total. The molecular weight excluding hydrogens is 340 g/mol. The molecule has 1 N–H and O–H groups in total. The monoisotopic (exact) mass is 358 g/mol. The molecule has 0 saturated carbocycles. The molecule has 5 heteroatoms. The first kappa shape index (κ1) is 18.2. The Kier molecular flexibility index (Phi) is 5.48. The molecule has 0 fully saturated rings. The van der Waals surface area contributed by atoms with Crippen molar-refractivity contribution in [1.29, 1.82) is 5.26 Å². The minimum Gasteiger partial charge on any atom is -0.452 e. The Morgan fingerprint density at radius 1 is 1.04 bits per heavy atom. The summed E-state index contributed by atoms with van der Waals surface area (Å²) in [7, 11) is 0. The molecule has 3 aromatic carbocycles. The summed E-state index contributed by atoms with van der Waals surface area (Å²) in [4.78, 5) is 24.2. The second-order valence-corrected chi connectivity index (χ2v) is 6.12. The number of hydrogen-bond acceptors (Lipinski definition) is 4. The summed E-state index contributed by atoms with van der Waals surface area (Å²) in [5, 5.41) is 13.8. The number of rotatable bonds is 5. The predicted octanol–water partition coefficient (Wildman–Crippen LogP) is 3.75. The van der Waals surface area contributed by atoms with Crippen LogP contribution in [0.2, 0.25) is 0 Å². The fraction of sp³-hybridized carbons (Fsp3) is 0.136. The molecule has 27 heavy (non-hydrogen) atoms. The Labute approximate surface area is 157 Å². The van der Waals surface area contributed by atoms with Gasteiger partial charge in [0, 0.05) is 0 Å². The molecule has 0 radical (unpaired) electrons. The van der Waals surface area contributed by atoms with E-state index in [9.17, 15) is 9.59 Å².